The van der Waals surface area contributed by atoms with Gasteiger partial charge in [-0.2, -0.15) is 0 Å². The van der Waals surface area contributed by atoms with Crippen LogP contribution in [0.2, 0.25) is 10.0 Å². The van der Waals surface area contributed by atoms with E-state index < -0.39 is 10.0 Å². The summed E-state index contributed by atoms with van der Waals surface area (Å²) in [6.07, 6.45) is 0. The van der Waals surface area contributed by atoms with Crippen molar-refractivity contribution in [2.75, 3.05) is 0 Å². The van der Waals surface area contributed by atoms with Gasteiger partial charge < -0.3 is 0 Å². The molecule has 0 aliphatic carbocycles. The van der Waals surface area contributed by atoms with Gasteiger partial charge in [-0.15, -0.1) is 0 Å². The Morgan fingerprint density at radius 3 is 2.24 bits per heavy atom. The van der Waals surface area contributed by atoms with E-state index in [-0.39, 0.29) is 16.5 Å². The predicted octanol–water partition coefficient (Wildman–Crippen LogP) is 4.09. The summed E-state index contributed by atoms with van der Waals surface area (Å²) in [6, 6.07) is 10.3. The van der Waals surface area contributed by atoms with Gasteiger partial charge in [-0.1, -0.05) is 52.5 Å². The Bertz CT molecular complexity index is 753. The summed E-state index contributed by atoms with van der Waals surface area (Å²) >= 11 is 11.8. The first-order valence-electron chi connectivity index (χ1n) is 6.30. The van der Waals surface area contributed by atoms with Crippen LogP contribution in [0.15, 0.2) is 41.3 Å². The number of halogens is 2. The van der Waals surface area contributed by atoms with Crippen LogP contribution in [0.1, 0.15) is 16.7 Å². The maximum atomic E-state index is 12.3. The van der Waals surface area contributed by atoms with E-state index in [2.05, 4.69) is 4.72 Å². The molecule has 0 saturated carbocycles. The fraction of sp³-hybridized carbons (Fsp3) is 0.200. The lowest BCUT2D eigenvalue weighted by molar-refractivity contribution is 0.581. The predicted molar refractivity (Wildman–Crippen MR) is 86.4 cm³/mol. The van der Waals surface area contributed by atoms with Gasteiger partial charge in [0.25, 0.3) is 0 Å². The van der Waals surface area contributed by atoms with Crippen molar-refractivity contribution < 1.29 is 8.42 Å². The van der Waals surface area contributed by atoms with Gasteiger partial charge in [0.05, 0.1) is 5.02 Å². The first-order chi connectivity index (χ1) is 9.78. The van der Waals surface area contributed by atoms with Crippen molar-refractivity contribution in [1.82, 2.24) is 4.72 Å². The summed E-state index contributed by atoms with van der Waals surface area (Å²) in [4.78, 5) is -0.0129. The quantitative estimate of drug-likeness (QED) is 0.908. The lowest BCUT2D eigenvalue weighted by Gasteiger charge is -2.10. The number of sulfonamides is 1. The lowest BCUT2D eigenvalue weighted by Crippen LogP contribution is -2.23. The Labute approximate surface area is 135 Å². The van der Waals surface area contributed by atoms with Gasteiger partial charge in [0.2, 0.25) is 10.0 Å². The summed E-state index contributed by atoms with van der Waals surface area (Å²) < 4.78 is 27.1. The van der Waals surface area contributed by atoms with Gasteiger partial charge >= 0.3 is 0 Å². The standard InChI is InChI=1S/C15H15Cl2NO2S/c1-10-5-11(2)7-12(6-10)9-18-21(19,20)15-8-13(16)3-4-14(15)17/h3-8,18H,9H2,1-2H3. The Hall–Kier alpha value is -1.07. The Morgan fingerprint density at radius 1 is 1.00 bits per heavy atom. The number of benzene rings is 2. The van der Waals surface area contributed by atoms with Crippen molar-refractivity contribution in [3.63, 3.8) is 0 Å². The highest BCUT2D eigenvalue weighted by Crippen LogP contribution is 2.25. The Morgan fingerprint density at radius 2 is 1.62 bits per heavy atom. The molecular formula is C15H15Cl2NO2S. The van der Waals surface area contributed by atoms with Crippen LogP contribution in [0.3, 0.4) is 0 Å². The number of aryl methyl sites for hydroxylation is 2. The molecule has 0 aliphatic heterocycles. The minimum absolute atomic E-state index is 0.0129. The van der Waals surface area contributed by atoms with Crippen molar-refractivity contribution in [1.29, 1.82) is 0 Å². The van der Waals surface area contributed by atoms with Gasteiger partial charge in [0, 0.05) is 11.6 Å². The van der Waals surface area contributed by atoms with Gasteiger partial charge in [0.15, 0.2) is 0 Å². The zero-order valence-electron chi connectivity index (χ0n) is 11.7. The number of rotatable bonds is 4. The van der Waals surface area contributed by atoms with Crippen molar-refractivity contribution in [2.24, 2.45) is 0 Å². The fourth-order valence-electron chi connectivity index (χ4n) is 2.11. The van der Waals surface area contributed by atoms with E-state index in [9.17, 15) is 8.42 Å². The van der Waals surface area contributed by atoms with Crippen LogP contribution in [0.5, 0.6) is 0 Å². The summed E-state index contributed by atoms with van der Waals surface area (Å²) in [7, 11) is -3.70. The van der Waals surface area contributed by atoms with E-state index in [4.69, 9.17) is 23.2 Å². The molecule has 2 rings (SSSR count). The molecule has 2 aromatic carbocycles. The fourth-order valence-corrected chi connectivity index (χ4v) is 3.89. The van der Waals surface area contributed by atoms with E-state index in [0.717, 1.165) is 16.7 Å². The highest BCUT2D eigenvalue weighted by Gasteiger charge is 2.18. The SMILES string of the molecule is Cc1cc(C)cc(CNS(=O)(=O)c2cc(Cl)ccc2Cl)c1. The van der Waals surface area contributed by atoms with E-state index >= 15 is 0 Å². The molecule has 0 saturated heterocycles. The van der Waals surface area contributed by atoms with Crippen LogP contribution in [0, 0.1) is 13.8 Å². The third kappa shape index (κ3) is 4.20. The third-order valence-corrected chi connectivity index (χ3v) is 5.05. The second-order valence-corrected chi connectivity index (χ2v) is 7.47. The third-order valence-electron chi connectivity index (χ3n) is 2.93. The smallest absolute Gasteiger partial charge is 0.207 e. The maximum Gasteiger partial charge on any atom is 0.242 e. The summed E-state index contributed by atoms with van der Waals surface area (Å²) in [5.41, 5.74) is 3.07. The van der Waals surface area contributed by atoms with Crippen molar-refractivity contribution in [3.05, 3.63) is 63.1 Å². The molecule has 1 N–H and O–H groups in total. The largest absolute Gasteiger partial charge is 0.242 e. The molecule has 0 unspecified atom stereocenters. The minimum atomic E-state index is -3.70. The van der Waals surface area contributed by atoms with Gasteiger partial charge in [-0.3, -0.25) is 0 Å². The van der Waals surface area contributed by atoms with Gasteiger partial charge in [0.1, 0.15) is 4.90 Å². The molecule has 0 radical (unpaired) electrons. The molecule has 0 aliphatic rings. The van der Waals surface area contributed by atoms with E-state index in [0.29, 0.717) is 5.02 Å². The molecule has 0 bridgehead atoms. The molecular weight excluding hydrogens is 329 g/mol. The monoisotopic (exact) mass is 343 g/mol. The van der Waals surface area contributed by atoms with E-state index in [1.54, 1.807) is 6.07 Å². The van der Waals surface area contributed by atoms with Crippen LogP contribution < -0.4 is 4.72 Å². The molecule has 21 heavy (non-hydrogen) atoms. The van der Waals surface area contributed by atoms with Crippen LogP contribution in [0.4, 0.5) is 0 Å². The van der Waals surface area contributed by atoms with Gasteiger partial charge in [-0.05, 0) is 37.6 Å². The van der Waals surface area contributed by atoms with E-state index in [1.807, 2.05) is 32.0 Å². The molecule has 2 aromatic rings. The maximum absolute atomic E-state index is 12.3. The zero-order valence-corrected chi connectivity index (χ0v) is 14.0. The normalized spacial score (nSPS) is 11.6. The lowest BCUT2D eigenvalue weighted by atomic mass is 10.1. The average molecular weight is 344 g/mol. The molecule has 0 fully saturated rings. The molecule has 0 spiro atoms. The Balaban J connectivity index is 2.23. The zero-order chi connectivity index (χ0) is 15.6. The highest BCUT2D eigenvalue weighted by atomic mass is 35.5. The first kappa shape index (κ1) is 16.3. The molecule has 3 nitrogen and oxygen atoms in total. The summed E-state index contributed by atoms with van der Waals surface area (Å²) in [6.45, 7) is 4.14. The molecule has 0 heterocycles. The molecule has 0 amide bonds. The number of hydrogen-bond donors (Lipinski definition) is 1. The van der Waals surface area contributed by atoms with Crippen LogP contribution in [0.25, 0.3) is 0 Å². The molecule has 6 heteroatoms. The van der Waals surface area contributed by atoms with E-state index in [1.165, 1.54) is 12.1 Å². The molecule has 0 aromatic heterocycles. The average Bonchev–Trinajstić information content (AvgIpc) is 2.38. The minimum Gasteiger partial charge on any atom is -0.207 e. The first-order valence-corrected chi connectivity index (χ1v) is 8.54. The van der Waals surface area contributed by atoms with Crippen LogP contribution in [-0.4, -0.2) is 8.42 Å². The van der Waals surface area contributed by atoms with Gasteiger partial charge in [-0.25, -0.2) is 13.1 Å². The van der Waals surface area contributed by atoms with Crippen LogP contribution in [-0.2, 0) is 16.6 Å². The number of nitrogens with one attached hydrogen (secondary N) is 1. The Kier molecular flexibility index (Phi) is 4.94. The second kappa shape index (κ2) is 6.36. The summed E-state index contributed by atoms with van der Waals surface area (Å²) in [5, 5.41) is 0.471. The number of hydrogen-bond acceptors (Lipinski definition) is 2. The van der Waals surface area contributed by atoms with Crippen molar-refractivity contribution >= 4 is 33.2 Å². The summed E-state index contributed by atoms with van der Waals surface area (Å²) in [5.74, 6) is 0. The molecule has 112 valence electrons. The molecule has 0 atom stereocenters. The van der Waals surface area contributed by atoms with Crippen LogP contribution >= 0.6 is 23.2 Å². The second-order valence-electron chi connectivity index (χ2n) is 4.90. The van der Waals surface area contributed by atoms with Crippen molar-refractivity contribution in [3.8, 4) is 0 Å². The highest BCUT2D eigenvalue weighted by molar-refractivity contribution is 7.89. The topological polar surface area (TPSA) is 46.2 Å². The van der Waals surface area contributed by atoms with Crippen molar-refractivity contribution in [2.45, 2.75) is 25.3 Å².